The Bertz CT molecular complexity index is 1070. The third-order valence-corrected chi connectivity index (χ3v) is 6.61. The zero-order valence-corrected chi connectivity index (χ0v) is 20.6. The van der Waals surface area contributed by atoms with Gasteiger partial charge in [-0.3, -0.25) is 19.8 Å². The minimum absolute atomic E-state index is 0.105. The van der Waals surface area contributed by atoms with Crippen LogP contribution in [0.15, 0.2) is 52.1 Å². The third-order valence-electron chi connectivity index (χ3n) is 6.61. The first-order chi connectivity index (χ1) is 16.3. The number of rotatable bonds is 6. The number of nitrogens with one attached hydrogen (secondary N) is 3. The maximum Gasteiger partial charge on any atom is 0.291 e. The zero-order valence-electron chi connectivity index (χ0n) is 20.6. The molecule has 0 aromatic carbocycles. The number of aliphatic imine (C=N–C) groups is 1. The number of fused-ring (bicyclic) bond motifs is 1. The number of dihydropyridines is 1. The molecule has 1 atom stereocenters. The Labute approximate surface area is 201 Å². The second kappa shape index (κ2) is 10.3. The van der Waals surface area contributed by atoms with E-state index in [1.54, 1.807) is 19.3 Å². The Morgan fingerprint density at radius 1 is 1.15 bits per heavy atom. The molecule has 8 heteroatoms. The van der Waals surface area contributed by atoms with Gasteiger partial charge in [0.25, 0.3) is 5.91 Å². The lowest BCUT2D eigenvalue weighted by Crippen LogP contribution is -2.63. The number of carbonyl (C=O) groups excluding carboxylic acids is 1. The van der Waals surface area contributed by atoms with E-state index in [0.29, 0.717) is 30.6 Å². The second-order valence-electron chi connectivity index (χ2n) is 9.65. The molecular formula is C26H35N7O. The summed E-state index contributed by atoms with van der Waals surface area (Å²) < 4.78 is 0. The first-order valence-corrected chi connectivity index (χ1v) is 12.1. The predicted octanol–water partition coefficient (Wildman–Crippen LogP) is 3.77. The van der Waals surface area contributed by atoms with Crippen molar-refractivity contribution in [1.29, 1.82) is 5.41 Å². The quantitative estimate of drug-likeness (QED) is 0.559. The van der Waals surface area contributed by atoms with Crippen molar-refractivity contribution in [2.24, 2.45) is 10.9 Å². The van der Waals surface area contributed by atoms with Crippen LogP contribution in [0.3, 0.4) is 0 Å². The summed E-state index contributed by atoms with van der Waals surface area (Å²) >= 11 is 0. The van der Waals surface area contributed by atoms with Gasteiger partial charge in [0.2, 0.25) is 0 Å². The molecule has 1 saturated heterocycles. The van der Waals surface area contributed by atoms with E-state index < -0.39 is 0 Å². The molecule has 1 aromatic rings. The molecule has 3 N–H and O–H groups in total. The number of nitrogens with zero attached hydrogens (tertiary/aromatic N) is 4. The molecule has 8 nitrogen and oxygen atoms in total. The van der Waals surface area contributed by atoms with Crippen LogP contribution in [0.1, 0.15) is 64.3 Å². The van der Waals surface area contributed by atoms with Crippen molar-refractivity contribution in [2.45, 2.75) is 72.5 Å². The van der Waals surface area contributed by atoms with Crippen LogP contribution < -0.4 is 10.6 Å². The Kier molecular flexibility index (Phi) is 7.24. The summed E-state index contributed by atoms with van der Waals surface area (Å²) in [6.07, 6.45) is 13.1. The highest BCUT2D eigenvalue weighted by Crippen LogP contribution is 2.29. The molecule has 1 aromatic heterocycles. The van der Waals surface area contributed by atoms with Crippen LogP contribution in [0.4, 0.5) is 0 Å². The summed E-state index contributed by atoms with van der Waals surface area (Å²) in [6, 6.07) is 0. The number of aryl methyl sites for hydroxylation is 1. The highest BCUT2D eigenvalue weighted by atomic mass is 16.2. The van der Waals surface area contributed by atoms with Gasteiger partial charge in [-0.1, -0.05) is 24.8 Å². The molecule has 0 bridgehead atoms. The second-order valence-corrected chi connectivity index (χ2v) is 9.65. The van der Waals surface area contributed by atoms with Crippen LogP contribution in [0, 0.1) is 18.3 Å². The zero-order chi connectivity index (χ0) is 24.2. The standard InChI is InChI=1S/C26H35N7O/c1-16(2)23(18(4)27)21-10-11-22-25(32-21)33(15-19-8-6-5-7-9-19)26(34)24(31-22)30-14-20-13-28-17(3)12-29-20/h10-13,19,25,27,32H,5-9,14-15H2,1-4H3,(H,30,31). The van der Waals surface area contributed by atoms with Crippen LogP contribution in [-0.4, -0.2) is 45.0 Å². The average Bonchev–Trinajstić information content (AvgIpc) is 2.81. The molecule has 2 fully saturated rings. The molecule has 1 amide bonds. The van der Waals surface area contributed by atoms with Crippen molar-refractivity contribution < 1.29 is 4.79 Å². The van der Waals surface area contributed by atoms with Crippen LogP contribution in [0.2, 0.25) is 0 Å². The lowest BCUT2D eigenvalue weighted by Gasteiger charge is -2.43. The van der Waals surface area contributed by atoms with Gasteiger partial charge in [0.05, 0.1) is 29.8 Å². The number of piperazine rings is 1. The summed E-state index contributed by atoms with van der Waals surface area (Å²) in [4.78, 5) is 28.8. The average molecular weight is 462 g/mol. The highest BCUT2D eigenvalue weighted by Gasteiger charge is 2.39. The van der Waals surface area contributed by atoms with E-state index in [1.165, 1.54) is 19.3 Å². The van der Waals surface area contributed by atoms with Gasteiger partial charge in [0, 0.05) is 29.7 Å². The fraction of sp³-hybridized carbons (Fsp3) is 0.500. The largest absolute Gasteiger partial charge is 0.360 e. The lowest BCUT2D eigenvalue weighted by molar-refractivity contribution is -0.128. The van der Waals surface area contributed by atoms with Crippen molar-refractivity contribution in [3.63, 3.8) is 0 Å². The summed E-state index contributed by atoms with van der Waals surface area (Å²) in [6.45, 7) is 8.70. The van der Waals surface area contributed by atoms with Crippen molar-refractivity contribution in [1.82, 2.24) is 25.5 Å². The molecule has 1 aliphatic carbocycles. The Hall–Kier alpha value is -3.29. The Morgan fingerprint density at radius 3 is 2.56 bits per heavy atom. The van der Waals surface area contributed by atoms with Crippen molar-refractivity contribution >= 4 is 17.5 Å². The third kappa shape index (κ3) is 5.26. The van der Waals surface area contributed by atoms with Crippen molar-refractivity contribution in [2.75, 3.05) is 6.54 Å². The van der Waals surface area contributed by atoms with Crippen LogP contribution in [-0.2, 0) is 11.3 Å². The molecule has 0 radical (unpaired) electrons. The molecule has 1 unspecified atom stereocenters. The smallest absolute Gasteiger partial charge is 0.291 e. The van der Waals surface area contributed by atoms with Gasteiger partial charge in [-0.2, -0.15) is 0 Å². The molecule has 34 heavy (non-hydrogen) atoms. The van der Waals surface area contributed by atoms with E-state index in [4.69, 9.17) is 5.41 Å². The monoisotopic (exact) mass is 461 g/mol. The van der Waals surface area contributed by atoms with E-state index in [2.05, 4.69) is 25.6 Å². The first-order valence-electron chi connectivity index (χ1n) is 12.1. The van der Waals surface area contributed by atoms with Gasteiger partial charge in [-0.25, -0.2) is 0 Å². The van der Waals surface area contributed by atoms with Crippen molar-refractivity contribution in [3.05, 3.63) is 58.5 Å². The number of hydrogen-bond acceptors (Lipinski definition) is 6. The van der Waals surface area contributed by atoms with E-state index in [1.807, 2.05) is 37.8 Å². The summed E-state index contributed by atoms with van der Waals surface area (Å²) in [5.41, 5.74) is 5.80. The summed E-state index contributed by atoms with van der Waals surface area (Å²) in [5, 5.41) is 15.1. The van der Waals surface area contributed by atoms with Crippen LogP contribution in [0.25, 0.3) is 0 Å². The van der Waals surface area contributed by atoms with Gasteiger partial charge in [0.15, 0.2) is 5.84 Å². The minimum Gasteiger partial charge on any atom is -0.360 e. The fourth-order valence-electron chi connectivity index (χ4n) is 4.94. The van der Waals surface area contributed by atoms with E-state index in [0.717, 1.165) is 46.8 Å². The van der Waals surface area contributed by atoms with E-state index in [-0.39, 0.29) is 12.1 Å². The number of amidine groups is 1. The number of amides is 1. The molecule has 0 spiro atoms. The maximum atomic E-state index is 13.6. The first kappa shape index (κ1) is 23.9. The SMILES string of the molecule is CC(=N)C(C1=CC=C2NC(=NCc3cnc(C)cn3)C(=O)N(CC3CCCCC3)C2N1)=C(C)C. The van der Waals surface area contributed by atoms with Gasteiger partial charge in [-0.15, -0.1) is 0 Å². The van der Waals surface area contributed by atoms with Gasteiger partial charge in [0.1, 0.15) is 6.17 Å². The van der Waals surface area contributed by atoms with Crippen LogP contribution >= 0.6 is 0 Å². The number of hydrogen-bond donors (Lipinski definition) is 3. The Balaban J connectivity index is 1.64. The molecule has 3 heterocycles. The number of aromatic nitrogens is 2. The summed E-state index contributed by atoms with van der Waals surface area (Å²) in [7, 11) is 0. The Morgan fingerprint density at radius 2 is 1.91 bits per heavy atom. The molecule has 4 rings (SSSR count). The molecule has 3 aliphatic rings. The number of carbonyl (C=O) groups is 1. The topological polar surface area (TPSA) is 106 Å². The van der Waals surface area contributed by atoms with Gasteiger partial charge < -0.3 is 20.9 Å². The molecular weight excluding hydrogens is 426 g/mol. The highest BCUT2D eigenvalue weighted by molar-refractivity contribution is 6.39. The van der Waals surface area contributed by atoms with Crippen LogP contribution in [0.5, 0.6) is 0 Å². The molecule has 180 valence electrons. The lowest BCUT2D eigenvalue weighted by atomic mass is 9.88. The fourth-order valence-corrected chi connectivity index (χ4v) is 4.94. The number of allylic oxidation sites excluding steroid dienone is 4. The normalized spacial score (nSPS) is 21.8. The van der Waals surface area contributed by atoms with E-state index in [9.17, 15) is 4.79 Å². The van der Waals surface area contributed by atoms with Gasteiger partial charge in [-0.05, 0) is 58.6 Å². The molecule has 2 aliphatic heterocycles. The van der Waals surface area contributed by atoms with Gasteiger partial charge >= 0.3 is 0 Å². The van der Waals surface area contributed by atoms with Crippen molar-refractivity contribution in [3.8, 4) is 0 Å². The summed E-state index contributed by atoms with van der Waals surface area (Å²) in [5.74, 6) is 0.724. The molecule has 1 saturated carbocycles. The predicted molar refractivity (Wildman–Crippen MR) is 134 cm³/mol. The minimum atomic E-state index is -0.304. The maximum absolute atomic E-state index is 13.6. The van der Waals surface area contributed by atoms with E-state index >= 15 is 0 Å².